The average Bonchev–Trinajstić information content (AvgIpc) is 3.68. The molecule has 2 aliphatic rings. The van der Waals surface area contributed by atoms with Gasteiger partial charge in [0.25, 0.3) is 0 Å². The molecule has 1 saturated carbocycles. The molecule has 210 valence electrons. The zero-order valence-corrected chi connectivity index (χ0v) is 21.3. The monoisotopic (exact) mass is 554 g/mol. The molecular weight excluding hydrogens is 527 g/mol. The van der Waals surface area contributed by atoms with Crippen LogP contribution >= 0.6 is 0 Å². The Hall–Kier alpha value is -3.78. The second-order valence-corrected chi connectivity index (χ2v) is 9.55. The van der Waals surface area contributed by atoms with E-state index >= 15 is 0 Å². The molecule has 0 spiro atoms. The minimum Gasteiger partial charge on any atom is -0.480 e. The van der Waals surface area contributed by atoms with Gasteiger partial charge >= 0.3 is 12.8 Å². The number of hydrogen-bond donors (Lipinski definition) is 1. The Kier molecular flexibility index (Phi) is 7.40. The van der Waals surface area contributed by atoms with Crippen LogP contribution in [0.5, 0.6) is 11.6 Å². The molecule has 10 nitrogen and oxygen atoms in total. The lowest BCUT2D eigenvalue weighted by Gasteiger charge is -2.32. The maximum absolute atomic E-state index is 13.1. The number of nitrogens with one attached hydrogen (secondary N) is 1. The molecule has 15 heteroatoms. The first-order valence-corrected chi connectivity index (χ1v) is 12.4. The number of hydrogen-bond acceptors (Lipinski definition) is 9. The maximum atomic E-state index is 13.1. The molecule has 4 heterocycles. The summed E-state index contributed by atoms with van der Waals surface area (Å²) in [6.45, 7) is -1.70. The van der Waals surface area contributed by atoms with Gasteiger partial charge in [-0.1, -0.05) is 0 Å². The van der Waals surface area contributed by atoms with E-state index < -0.39 is 18.5 Å². The summed E-state index contributed by atoms with van der Waals surface area (Å²) in [6, 6.07) is 0. The van der Waals surface area contributed by atoms with Crippen LogP contribution in [0.2, 0.25) is 0 Å². The largest absolute Gasteiger partial charge is 0.480 e. The fourth-order valence-electron chi connectivity index (χ4n) is 4.68. The Morgan fingerprint density at radius 3 is 2.44 bits per heavy atom. The van der Waals surface area contributed by atoms with E-state index in [1.807, 2.05) is 0 Å². The summed E-state index contributed by atoms with van der Waals surface area (Å²) in [5, 5.41) is 3.11. The summed E-state index contributed by atoms with van der Waals surface area (Å²) in [6.07, 6.45) is 2.27. The van der Waals surface area contributed by atoms with Crippen molar-refractivity contribution in [1.29, 1.82) is 0 Å². The number of rotatable bonds is 9. The molecule has 3 aromatic heterocycles. The van der Waals surface area contributed by atoms with Crippen LogP contribution in [0.15, 0.2) is 18.7 Å². The van der Waals surface area contributed by atoms with Crippen molar-refractivity contribution >= 4 is 11.8 Å². The molecule has 1 aliphatic carbocycles. The number of ether oxygens (including phenoxy) is 2. The van der Waals surface area contributed by atoms with E-state index in [1.165, 1.54) is 31.2 Å². The van der Waals surface area contributed by atoms with Gasteiger partial charge < -0.3 is 24.3 Å². The Morgan fingerprint density at radius 1 is 1.08 bits per heavy atom. The van der Waals surface area contributed by atoms with E-state index in [0.717, 1.165) is 24.7 Å². The molecule has 0 atom stereocenters. The number of methoxy groups -OCH3 is 1. The third-order valence-electron chi connectivity index (χ3n) is 6.79. The Balaban J connectivity index is 1.31. The number of nitrogens with zero attached hydrogens (tertiary/aromatic N) is 7. The Labute approximate surface area is 220 Å². The van der Waals surface area contributed by atoms with Gasteiger partial charge in [0, 0.05) is 38.8 Å². The highest BCUT2D eigenvalue weighted by atomic mass is 19.4. The van der Waals surface area contributed by atoms with Gasteiger partial charge in [0.1, 0.15) is 11.9 Å². The van der Waals surface area contributed by atoms with Crippen molar-refractivity contribution in [2.24, 2.45) is 13.0 Å². The first kappa shape index (κ1) is 26.8. The SMILES string of the molecule is COc1ncnc(C2CC2)c1-c1ncc(OC(F)F)c(NCC2CCN(c3nc(C(F)(F)F)cn3C)CC2)n1. The third kappa shape index (κ3) is 5.96. The molecular formula is C24H27F5N8O2. The number of piperidine rings is 1. The molecule has 0 radical (unpaired) electrons. The van der Waals surface area contributed by atoms with Crippen molar-refractivity contribution in [1.82, 2.24) is 29.5 Å². The van der Waals surface area contributed by atoms with Gasteiger partial charge in [-0.15, -0.1) is 0 Å². The molecule has 0 aromatic carbocycles. The normalized spacial score (nSPS) is 16.6. The summed E-state index contributed by atoms with van der Waals surface area (Å²) < 4.78 is 76.8. The lowest BCUT2D eigenvalue weighted by Crippen LogP contribution is -2.37. The molecule has 5 rings (SSSR count). The summed E-state index contributed by atoms with van der Waals surface area (Å²) >= 11 is 0. The Morgan fingerprint density at radius 2 is 1.82 bits per heavy atom. The number of halogens is 5. The Bertz CT molecular complexity index is 1310. The van der Waals surface area contributed by atoms with Crippen LogP contribution in [-0.4, -0.2) is 62.8 Å². The number of aromatic nitrogens is 6. The minimum atomic E-state index is -4.51. The van der Waals surface area contributed by atoms with E-state index in [1.54, 1.807) is 4.90 Å². The molecule has 2 fully saturated rings. The van der Waals surface area contributed by atoms with Crippen molar-refractivity contribution in [2.75, 3.05) is 37.0 Å². The second-order valence-electron chi connectivity index (χ2n) is 9.55. The summed E-state index contributed by atoms with van der Waals surface area (Å²) in [5.74, 6) is 0.992. The van der Waals surface area contributed by atoms with Crippen molar-refractivity contribution < 1.29 is 31.4 Å². The van der Waals surface area contributed by atoms with Gasteiger partial charge in [-0.2, -0.15) is 22.0 Å². The van der Waals surface area contributed by atoms with Crippen LogP contribution in [0, 0.1) is 5.92 Å². The van der Waals surface area contributed by atoms with Crippen molar-refractivity contribution in [3.05, 3.63) is 30.1 Å². The highest BCUT2D eigenvalue weighted by Crippen LogP contribution is 2.45. The lowest BCUT2D eigenvalue weighted by atomic mass is 9.97. The lowest BCUT2D eigenvalue weighted by molar-refractivity contribution is -0.140. The molecule has 39 heavy (non-hydrogen) atoms. The fourth-order valence-corrected chi connectivity index (χ4v) is 4.68. The summed E-state index contributed by atoms with van der Waals surface area (Å²) in [5.41, 5.74) is 0.321. The van der Waals surface area contributed by atoms with Crippen molar-refractivity contribution in [3.63, 3.8) is 0 Å². The number of alkyl halides is 5. The van der Waals surface area contributed by atoms with E-state index in [9.17, 15) is 22.0 Å². The zero-order valence-electron chi connectivity index (χ0n) is 21.3. The van der Waals surface area contributed by atoms with Gasteiger partial charge in [-0.3, -0.25) is 0 Å². The molecule has 1 aliphatic heterocycles. The van der Waals surface area contributed by atoms with E-state index in [0.29, 0.717) is 38.0 Å². The van der Waals surface area contributed by atoms with Gasteiger partial charge in [-0.05, 0) is 31.6 Å². The van der Waals surface area contributed by atoms with Gasteiger partial charge in [0.05, 0.1) is 19.0 Å². The topological polar surface area (TPSA) is 103 Å². The van der Waals surface area contributed by atoms with Crippen LogP contribution in [0.1, 0.15) is 43.0 Å². The van der Waals surface area contributed by atoms with Gasteiger partial charge in [0.2, 0.25) is 11.8 Å². The van der Waals surface area contributed by atoms with Crippen LogP contribution in [0.25, 0.3) is 11.4 Å². The maximum Gasteiger partial charge on any atom is 0.434 e. The third-order valence-corrected chi connectivity index (χ3v) is 6.79. The van der Waals surface area contributed by atoms with Crippen LogP contribution in [0.4, 0.5) is 33.7 Å². The molecule has 1 saturated heterocycles. The van der Waals surface area contributed by atoms with E-state index in [4.69, 9.17) is 4.74 Å². The molecule has 1 N–H and O–H groups in total. The average molecular weight is 555 g/mol. The second kappa shape index (κ2) is 10.8. The highest BCUT2D eigenvalue weighted by Gasteiger charge is 2.36. The number of anilines is 2. The van der Waals surface area contributed by atoms with Crippen molar-refractivity contribution in [2.45, 2.75) is 44.4 Å². The quantitative estimate of drug-likeness (QED) is 0.383. The van der Waals surface area contributed by atoms with E-state index in [2.05, 4.69) is 35.0 Å². The van der Waals surface area contributed by atoms with Crippen LogP contribution in [-0.2, 0) is 13.2 Å². The van der Waals surface area contributed by atoms with Gasteiger partial charge in [0.15, 0.2) is 23.1 Å². The molecule has 0 bridgehead atoms. The zero-order chi connectivity index (χ0) is 27.7. The van der Waals surface area contributed by atoms with Gasteiger partial charge in [-0.25, -0.2) is 24.9 Å². The first-order chi connectivity index (χ1) is 18.6. The first-order valence-electron chi connectivity index (χ1n) is 12.4. The fraction of sp³-hybridized carbons (Fsp3) is 0.542. The highest BCUT2D eigenvalue weighted by molar-refractivity contribution is 5.68. The summed E-state index contributed by atoms with van der Waals surface area (Å²) in [7, 11) is 3.00. The number of imidazole rings is 1. The molecule has 0 unspecified atom stereocenters. The van der Waals surface area contributed by atoms with E-state index in [-0.39, 0.29) is 41.1 Å². The summed E-state index contributed by atoms with van der Waals surface area (Å²) in [4.78, 5) is 22.8. The van der Waals surface area contributed by atoms with Crippen LogP contribution < -0.4 is 19.7 Å². The smallest absolute Gasteiger partial charge is 0.434 e. The predicted octanol–water partition coefficient (Wildman–Crippen LogP) is 4.50. The molecule has 3 aromatic rings. The standard InChI is InChI=1S/C24H27F5N8O2/c1-36-11-16(24(27,28)29)34-23(36)37-7-5-13(6-8-37)9-30-19-15(39-22(25)26)10-31-20(35-19)17-18(14-3-4-14)32-12-33-21(17)38-2/h10-14,22H,3-9H2,1-2H3,(H,30,31,35). The molecule has 0 amide bonds. The van der Waals surface area contributed by atoms with Crippen molar-refractivity contribution in [3.8, 4) is 23.0 Å². The predicted molar refractivity (Wildman–Crippen MR) is 130 cm³/mol. The number of aryl methyl sites for hydroxylation is 1. The van der Waals surface area contributed by atoms with Crippen LogP contribution in [0.3, 0.4) is 0 Å². The minimum absolute atomic E-state index is 0.0919.